The van der Waals surface area contributed by atoms with E-state index in [2.05, 4.69) is 0 Å². The van der Waals surface area contributed by atoms with Gasteiger partial charge in [0.05, 0.1) is 12.5 Å². The van der Waals surface area contributed by atoms with Crippen molar-refractivity contribution in [3.8, 4) is 6.07 Å². The topological polar surface area (TPSA) is 84.7 Å². The second-order valence-electron chi connectivity index (χ2n) is 7.53. The molecule has 2 aromatic carbocycles. The second-order valence-corrected chi connectivity index (χ2v) is 7.97. The number of nitrogens with zero attached hydrogens (tertiary/aromatic N) is 4. The van der Waals surface area contributed by atoms with Gasteiger partial charge in [-0.3, -0.25) is 19.4 Å². The van der Waals surface area contributed by atoms with E-state index >= 15 is 0 Å². The van der Waals surface area contributed by atoms with E-state index in [-0.39, 0.29) is 13.0 Å². The normalized spacial score (nSPS) is 15.9. The SMILES string of the molecule is Cc1cc(C)cc(N(CCC#N)C(=O)CN2C(=O)C(C)N(c3ccc(Cl)cc3)C2=O)c1. The zero-order chi connectivity index (χ0) is 22.7. The Morgan fingerprint density at radius 2 is 1.74 bits per heavy atom. The van der Waals surface area contributed by atoms with Gasteiger partial charge >= 0.3 is 6.03 Å². The minimum absolute atomic E-state index is 0.133. The molecule has 3 rings (SSSR count). The summed E-state index contributed by atoms with van der Waals surface area (Å²) in [6, 6.07) is 13.0. The van der Waals surface area contributed by atoms with E-state index in [1.165, 1.54) is 9.80 Å². The van der Waals surface area contributed by atoms with Gasteiger partial charge in [0.15, 0.2) is 0 Å². The first kappa shape index (κ1) is 22.3. The summed E-state index contributed by atoms with van der Waals surface area (Å²) in [6.07, 6.45) is 0.133. The van der Waals surface area contributed by atoms with Crippen molar-refractivity contribution >= 4 is 40.8 Å². The molecule has 1 heterocycles. The van der Waals surface area contributed by atoms with Crippen molar-refractivity contribution < 1.29 is 14.4 Å². The molecule has 1 aliphatic rings. The summed E-state index contributed by atoms with van der Waals surface area (Å²) in [5.41, 5.74) is 3.11. The summed E-state index contributed by atoms with van der Waals surface area (Å²) in [4.78, 5) is 42.7. The number of carbonyl (C=O) groups is 3. The summed E-state index contributed by atoms with van der Waals surface area (Å²) in [5, 5.41) is 9.53. The minimum Gasteiger partial charge on any atom is -0.310 e. The molecule has 1 atom stereocenters. The van der Waals surface area contributed by atoms with Gasteiger partial charge in [0.25, 0.3) is 5.91 Å². The van der Waals surface area contributed by atoms with E-state index in [4.69, 9.17) is 16.9 Å². The molecule has 8 heteroatoms. The standard InChI is InChI=1S/C23H23ClN4O3/c1-15-11-16(2)13-20(12-15)26(10-4-9-25)21(29)14-27-22(30)17(3)28(23(27)31)19-7-5-18(24)6-8-19/h5-8,11-13,17H,4,10,14H2,1-3H3. The van der Waals surface area contributed by atoms with Crippen LogP contribution in [-0.2, 0) is 9.59 Å². The summed E-state index contributed by atoms with van der Waals surface area (Å²) in [7, 11) is 0. The van der Waals surface area contributed by atoms with Gasteiger partial charge in [-0.15, -0.1) is 0 Å². The lowest BCUT2D eigenvalue weighted by atomic mass is 10.1. The second kappa shape index (κ2) is 9.19. The van der Waals surface area contributed by atoms with Crippen LogP contribution < -0.4 is 9.80 Å². The fourth-order valence-corrected chi connectivity index (χ4v) is 3.82. The highest BCUT2D eigenvalue weighted by Crippen LogP contribution is 2.27. The largest absolute Gasteiger partial charge is 0.332 e. The van der Waals surface area contributed by atoms with Crippen LogP contribution in [0.2, 0.25) is 5.02 Å². The number of amides is 4. The third kappa shape index (κ3) is 4.70. The molecule has 31 heavy (non-hydrogen) atoms. The summed E-state index contributed by atoms with van der Waals surface area (Å²) in [5.74, 6) is -0.874. The molecule has 0 radical (unpaired) electrons. The number of hydrogen-bond acceptors (Lipinski definition) is 4. The van der Waals surface area contributed by atoms with Crippen LogP contribution in [0.5, 0.6) is 0 Å². The van der Waals surface area contributed by atoms with Crippen LogP contribution in [0.25, 0.3) is 0 Å². The van der Waals surface area contributed by atoms with Crippen LogP contribution in [0.3, 0.4) is 0 Å². The number of urea groups is 1. The number of imide groups is 1. The van der Waals surface area contributed by atoms with Crippen molar-refractivity contribution in [3.63, 3.8) is 0 Å². The van der Waals surface area contributed by atoms with Crippen molar-refractivity contribution in [1.29, 1.82) is 5.26 Å². The molecule has 4 amide bonds. The van der Waals surface area contributed by atoms with Gasteiger partial charge in [0.1, 0.15) is 12.6 Å². The van der Waals surface area contributed by atoms with Crippen molar-refractivity contribution in [2.24, 2.45) is 0 Å². The lowest BCUT2D eigenvalue weighted by Gasteiger charge is -2.25. The van der Waals surface area contributed by atoms with Crippen molar-refractivity contribution in [3.05, 3.63) is 58.6 Å². The van der Waals surface area contributed by atoms with Crippen LogP contribution >= 0.6 is 11.6 Å². The Hall–Kier alpha value is -3.37. The summed E-state index contributed by atoms with van der Waals surface area (Å²) in [6.45, 7) is 5.23. The van der Waals surface area contributed by atoms with Crippen LogP contribution in [0.4, 0.5) is 16.2 Å². The number of rotatable bonds is 6. The molecule has 0 aromatic heterocycles. The highest BCUT2D eigenvalue weighted by Gasteiger charge is 2.44. The van der Waals surface area contributed by atoms with E-state index in [0.717, 1.165) is 16.0 Å². The summed E-state index contributed by atoms with van der Waals surface area (Å²) < 4.78 is 0. The van der Waals surface area contributed by atoms with Crippen LogP contribution in [-0.4, -0.2) is 41.9 Å². The molecule has 1 fully saturated rings. The van der Waals surface area contributed by atoms with Gasteiger partial charge in [0, 0.05) is 22.9 Å². The van der Waals surface area contributed by atoms with E-state index < -0.39 is 30.4 Å². The molecule has 2 aromatic rings. The van der Waals surface area contributed by atoms with Gasteiger partial charge in [-0.05, 0) is 68.3 Å². The van der Waals surface area contributed by atoms with Crippen LogP contribution in [0.1, 0.15) is 24.5 Å². The molecule has 0 bridgehead atoms. The van der Waals surface area contributed by atoms with E-state index in [9.17, 15) is 14.4 Å². The molecule has 0 saturated carbocycles. The zero-order valence-electron chi connectivity index (χ0n) is 17.6. The number of nitriles is 1. The lowest BCUT2D eigenvalue weighted by Crippen LogP contribution is -2.44. The van der Waals surface area contributed by atoms with Crippen LogP contribution in [0, 0.1) is 25.2 Å². The Labute approximate surface area is 186 Å². The zero-order valence-corrected chi connectivity index (χ0v) is 18.4. The maximum Gasteiger partial charge on any atom is 0.332 e. The number of halogens is 1. The maximum atomic E-state index is 13.1. The number of anilines is 2. The number of hydrogen-bond donors (Lipinski definition) is 0. The molecule has 0 N–H and O–H groups in total. The Morgan fingerprint density at radius 1 is 1.13 bits per heavy atom. The molecule has 1 saturated heterocycles. The molecule has 0 spiro atoms. The van der Waals surface area contributed by atoms with E-state index in [1.807, 2.05) is 38.1 Å². The van der Waals surface area contributed by atoms with Crippen molar-refractivity contribution in [1.82, 2.24) is 4.90 Å². The molecule has 1 aliphatic heterocycles. The van der Waals surface area contributed by atoms with Gasteiger partial charge in [-0.2, -0.15) is 5.26 Å². The van der Waals surface area contributed by atoms with Gasteiger partial charge in [-0.25, -0.2) is 4.79 Å². The fraction of sp³-hybridized carbons (Fsp3) is 0.304. The maximum absolute atomic E-state index is 13.1. The molecule has 160 valence electrons. The molecular formula is C23H23ClN4O3. The van der Waals surface area contributed by atoms with E-state index in [0.29, 0.717) is 16.4 Å². The number of aryl methyl sites for hydroxylation is 2. The smallest absolute Gasteiger partial charge is 0.310 e. The third-order valence-corrected chi connectivity index (χ3v) is 5.36. The predicted molar refractivity (Wildman–Crippen MR) is 119 cm³/mol. The van der Waals surface area contributed by atoms with Crippen molar-refractivity contribution in [2.75, 3.05) is 22.9 Å². The van der Waals surface area contributed by atoms with Crippen molar-refractivity contribution in [2.45, 2.75) is 33.2 Å². The molecule has 0 aliphatic carbocycles. The number of carbonyl (C=O) groups excluding carboxylic acids is 3. The first-order valence-electron chi connectivity index (χ1n) is 9.88. The number of benzene rings is 2. The predicted octanol–water partition coefficient (Wildman–Crippen LogP) is 4.06. The lowest BCUT2D eigenvalue weighted by molar-refractivity contribution is -0.131. The van der Waals surface area contributed by atoms with Gasteiger partial charge in [0.2, 0.25) is 5.91 Å². The Balaban J connectivity index is 1.85. The Kier molecular flexibility index (Phi) is 6.62. The minimum atomic E-state index is -0.741. The van der Waals surface area contributed by atoms with Crippen LogP contribution in [0.15, 0.2) is 42.5 Å². The highest BCUT2D eigenvalue weighted by atomic mass is 35.5. The average Bonchev–Trinajstić information content (AvgIpc) is 2.92. The fourth-order valence-electron chi connectivity index (χ4n) is 3.69. The van der Waals surface area contributed by atoms with Gasteiger partial charge < -0.3 is 4.90 Å². The molecule has 7 nitrogen and oxygen atoms in total. The monoisotopic (exact) mass is 438 g/mol. The highest BCUT2D eigenvalue weighted by molar-refractivity contribution is 6.30. The Morgan fingerprint density at radius 3 is 2.32 bits per heavy atom. The molecular weight excluding hydrogens is 416 g/mol. The van der Waals surface area contributed by atoms with E-state index in [1.54, 1.807) is 31.2 Å². The molecule has 1 unspecified atom stereocenters. The van der Waals surface area contributed by atoms with Gasteiger partial charge in [-0.1, -0.05) is 17.7 Å². The first-order valence-corrected chi connectivity index (χ1v) is 10.3. The summed E-state index contributed by atoms with van der Waals surface area (Å²) >= 11 is 5.92. The average molecular weight is 439 g/mol. The Bertz CT molecular complexity index is 1040. The third-order valence-electron chi connectivity index (χ3n) is 5.11. The first-order chi connectivity index (χ1) is 14.7. The quantitative estimate of drug-likeness (QED) is 0.636.